The number of nitrogens with zero attached hydrogens (tertiary/aromatic N) is 4. The van der Waals surface area contributed by atoms with Crippen molar-refractivity contribution in [2.75, 3.05) is 12.4 Å². The van der Waals surface area contributed by atoms with Crippen LogP contribution in [-0.2, 0) is 12.8 Å². The number of Topliss-reactive ketones (excluding diaryl/α,β-unsaturated/α-hetero) is 1. The Labute approximate surface area is 168 Å². The minimum atomic E-state index is 0.0889. The van der Waals surface area contributed by atoms with Crippen LogP contribution in [0.25, 0.3) is 5.69 Å². The van der Waals surface area contributed by atoms with E-state index < -0.39 is 0 Å². The van der Waals surface area contributed by atoms with Gasteiger partial charge in [0, 0.05) is 5.56 Å². The molecule has 1 aliphatic carbocycles. The molecule has 0 saturated heterocycles. The van der Waals surface area contributed by atoms with E-state index in [9.17, 15) is 4.79 Å². The first-order valence-electron chi connectivity index (χ1n) is 9.54. The zero-order chi connectivity index (χ0) is 19.3. The molecule has 6 nitrogen and oxygen atoms in total. The minimum absolute atomic E-state index is 0.0889. The number of para-hydroxylation sites is 2. The Morgan fingerprint density at radius 1 is 1.14 bits per heavy atom. The van der Waals surface area contributed by atoms with Crippen molar-refractivity contribution in [2.45, 2.75) is 37.8 Å². The molecule has 1 aromatic heterocycles. The number of thioether (sulfide) groups is 1. The summed E-state index contributed by atoms with van der Waals surface area (Å²) in [5.74, 6) is 1.09. The fraction of sp³-hybridized carbons (Fsp3) is 0.333. The summed E-state index contributed by atoms with van der Waals surface area (Å²) in [4.78, 5) is 12.7. The molecule has 0 N–H and O–H groups in total. The SMILES string of the molecule is CCOc1ccccc1-n1nnnc1SCC(=O)c1ccc2c(c1)CCCC2. The largest absolute Gasteiger partial charge is 0.492 e. The van der Waals surface area contributed by atoms with Crippen molar-refractivity contribution in [3.63, 3.8) is 0 Å². The number of carbonyl (C=O) groups is 1. The summed E-state index contributed by atoms with van der Waals surface area (Å²) in [6.07, 6.45) is 4.62. The van der Waals surface area contributed by atoms with E-state index >= 15 is 0 Å². The van der Waals surface area contributed by atoms with Crippen LogP contribution in [0.15, 0.2) is 47.6 Å². The van der Waals surface area contributed by atoms with Crippen molar-refractivity contribution in [1.82, 2.24) is 20.2 Å². The summed E-state index contributed by atoms with van der Waals surface area (Å²) >= 11 is 1.34. The molecule has 3 aromatic rings. The van der Waals surface area contributed by atoms with Gasteiger partial charge in [-0.3, -0.25) is 4.79 Å². The van der Waals surface area contributed by atoms with Gasteiger partial charge in [-0.25, -0.2) is 0 Å². The summed E-state index contributed by atoms with van der Waals surface area (Å²) in [5.41, 5.74) is 4.23. The Kier molecular flexibility index (Phi) is 5.71. The summed E-state index contributed by atoms with van der Waals surface area (Å²) in [6.45, 7) is 2.49. The number of fused-ring (bicyclic) bond motifs is 1. The third kappa shape index (κ3) is 3.94. The maximum Gasteiger partial charge on any atom is 0.214 e. The van der Waals surface area contributed by atoms with Crippen molar-refractivity contribution in [3.05, 3.63) is 59.2 Å². The molecular weight excluding hydrogens is 372 g/mol. The molecule has 0 fully saturated rings. The second-order valence-electron chi connectivity index (χ2n) is 6.68. The smallest absolute Gasteiger partial charge is 0.214 e. The lowest BCUT2D eigenvalue weighted by Gasteiger charge is -2.16. The van der Waals surface area contributed by atoms with Gasteiger partial charge in [0.05, 0.1) is 12.4 Å². The second-order valence-corrected chi connectivity index (χ2v) is 7.62. The van der Waals surface area contributed by atoms with Crippen LogP contribution in [0.5, 0.6) is 5.75 Å². The highest BCUT2D eigenvalue weighted by Crippen LogP contribution is 2.27. The van der Waals surface area contributed by atoms with Gasteiger partial charge in [0.1, 0.15) is 11.4 Å². The standard InChI is InChI=1S/C21H22N4O2S/c1-2-27-20-10-6-5-9-18(20)25-21(22-23-24-25)28-14-19(26)17-12-11-15-7-3-4-8-16(15)13-17/h5-6,9-13H,2-4,7-8,14H2,1H3. The Bertz CT molecular complexity index is 986. The van der Waals surface area contributed by atoms with Crippen molar-refractivity contribution < 1.29 is 9.53 Å². The highest BCUT2D eigenvalue weighted by atomic mass is 32.2. The van der Waals surface area contributed by atoms with Crippen molar-refractivity contribution >= 4 is 17.5 Å². The second kappa shape index (κ2) is 8.56. The highest BCUT2D eigenvalue weighted by molar-refractivity contribution is 7.99. The van der Waals surface area contributed by atoms with E-state index in [1.807, 2.05) is 37.3 Å². The molecule has 28 heavy (non-hydrogen) atoms. The number of ketones is 1. The predicted octanol–water partition coefficient (Wildman–Crippen LogP) is 3.91. The molecule has 2 aromatic carbocycles. The fourth-order valence-corrected chi connectivity index (χ4v) is 4.23. The Morgan fingerprint density at radius 2 is 1.96 bits per heavy atom. The molecule has 0 saturated carbocycles. The Hall–Kier alpha value is -2.67. The summed E-state index contributed by atoms with van der Waals surface area (Å²) in [6, 6.07) is 13.7. The van der Waals surface area contributed by atoms with Gasteiger partial charge in [-0.1, -0.05) is 36.0 Å². The monoisotopic (exact) mass is 394 g/mol. The van der Waals surface area contributed by atoms with Gasteiger partial charge in [-0.15, -0.1) is 5.10 Å². The number of aromatic nitrogens is 4. The maximum absolute atomic E-state index is 12.7. The number of hydrogen-bond acceptors (Lipinski definition) is 6. The predicted molar refractivity (Wildman–Crippen MR) is 108 cm³/mol. The number of carbonyl (C=O) groups excluding carboxylic acids is 1. The molecule has 1 heterocycles. The molecule has 7 heteroatoms. The van der Waals surface area contributed by atoms with E-state index in [4.69, 9.17) is 4.74 Å². The lowest BCUT2D eigenvalue weighted by atomic mass is 9.90. The molecule has 0 amide bonds. The number of hydrogen-bond donors (Lipinski definition) is 0. The first-order chi connectivity index (χ1) is 13.8. The van der Waals surface area contributed by atoms with E-state index in [0.29, 0.717) is 17.5 Å². The van der Waals surface area contributed by atoms with Crippen molar-refractivity contribution in [1.29, 1.82) is 0 Å². The fourth-order valence-electron chi connectivity index (χ4n) is 3.45. The summed E-state index contributed by atoms with van der Waals surface area (Å²) in [5, 5.41) is 12.5. The quantitative estimate of drug-likeness (QED) is 0.447. The molecular formula is C21H22N4O2S. The van der Waals surface area contributed by atoms with Crippen LogP contribution in [0.4, 0.5) is 0 Å². The van der Waals surface area contributed by atoms with Crippen LogP contribution < -0.4 is 4.74 Å². The van der Waals surface area contributed by atoms with Crippen LogP contribution in [0.2, 0.25) is 0 Å². The van der Waals surface area contributed by atoms with Gasteiger partial charge in [0.25, 0.3) is 0 Å². The molecule has 1 aliphatic rings. The topological polar surface area (TPSA) is 69.9 Å². The molecule has 0 aliphatic heterocycles. The van der Waals surface area contributed by atoms with Crippen LogP contribution in [0.3, 0.4) is 0 Å². The Morgan fingerprint density at radius 3 is 2.82 bits per heavy atom. The van der Waals surface area contributed by atoms with Gasteiger partial charge in [0.2, 0.25) is 5.16 Å². The van der Waals surface area contributed by atoms with E-state index in [0.717, 1.165) is 24.1 Å². The zero-order valence-corrected chi connectivity index (χ0v) is 16.6. The average Bonchev–Trinajstić information content (AvgIpc) is 3.20. The molecule has 144 valence electrons. The van der Waals surface area contributed by atoms with E-state index in [2.05, 4.69) is 27.7 Å². The summed E-state index contributed by atoms with van der Waals surface area (Å²) in [7, 11) is 0. The molecule has 4 rings (SSSR count). The van der Waals surface area contributed by atoms with Crippen molar-refractivity contribution in [3.8, 4) is 11.4 Å². The van der Waals surface area contributed by atoms with E-state index in [-0.39, 0.29) is 11.5 Å². The molecule has 0 radical (unpaired) electrons. The number of tetrazole rings is 1. The number of rotatable bonds is 7. The molecule has 0 unspecified atom stereocenters. The van der Waals surface area contributed by atoms with Gasteiger partial charge in [-0.05, 0) is 72.4 Å². The summed E-state index contributed by atoms with van der Waals surface area (Å²) < 4.78 is 7.29. The number of aryl methyl sites for hydroxylation is 2. The lowest BCUT2D eigenvalue weighted by Crippen LogP contribution is -2.09. The maximum atomic E-state index is 12.7. The highest BCUT2D eigenvalue weighted by Gasteiger charge is 2.17. The van der Waals surface area contributed by atoms with Crippen LogP contribution >= 0.6 is 11.8 Å². The van der Waals surface area contributed by atoms with Gasteiger partial charge in [0.15, 0.2) is 5.78 Å². The Balaban J connectivity index is 1.49. The third-order valence-electron chi connectivity index (χ3n) is 4.84. The van der Waals surface area contributed by atoms with Gasteiger partial charge >= 0.3 is 0 Å². The third-order valence-corrected chi connectivity index (χ3v) is 5.76. The van der Waals surface area contributed by atoms with Crippen LogP contribution in [-0.4, -0.2) is 38.4 Å². The molecule has 0 atom stereocenters. The van der Waals surface area contributed by atoms with Gasteiger partial charge in [-0.2, -0.15) is 4.68 Å². The van der Waals surface area contributed by atoms with E-state index in [1.165, 1.54) is 35.7 Å². The first-order valence-corrected chi connectivity index (χ1v) is 10.5. The van der Waals surface area contributed by atoms with Crippen LogP contribution in [0.1, 0.15) is 41.3 Å². The first kappa shape index (κ1) is 18.7. The zero-order valence-electron chi connectivity index (χ0n) is 15.8. The minimum Gasteiger partial charge on any atom is -0.492 e. The van der Waals surface area contributed by atoms with Gasteiger partial charge < -0.3 is 4.74 Å². The lowest BCUT2D eigenvalue weighted by molar-refractivity contribution is 0.102. The average molecular weight is 395 g/mol. The number of ether oxygens (including phenoxy) is 1. The normalized spacial score (nSPS) is 13.2. The van der Waals surface area contributed by atoms with E-state index in [1.54, 1.807) is 4.68 Å². The number of benzene rings is 2. The molecule has 0 spiro atoms. The van der Waals surface area contributed by atoms with Crippen LogP contribution in [0, 0.1) is 0 Å². The van der Waals surface area contributed by atoms with Crippen molar-refractivity contribution in [2.24, 2.45) is 0 Å². The molecule has 0 bridgehead atoms.